The van der Waals surface area contributed by atoms with E-state index >= 15 is 0 Å². The minimum Gasteiger partial charge on any atom is -0.368 e. The monoisotopic (exact) mass is 206 g/mol. The number of carbonyl (C=O) groups excluding carboxylic acids is 1. The molecule has 0 aliphatic carbocycles. The summed E-state index contributed by atoms with van der Waals surface area (Å²) < 4.78 is 0. The standard InChI is InChI=1S/C10H14N4O/c11-10-12-6-5-8(13-10)14-7-3-1-2-4-9(14)15/h5-6H,1-4,7H2,(H2,11,12,13). The molecule has 5 nitrogen and oxygen atoms in total. The van der Waals surface area contributed by atoms with Crippen LogP contribution in [0.5, 0.6) is 0 Å². The molecule has 0 unspecified atom stereocenters. The van der Waals surface area contributed by atoms with Crippen LogP contribution < -0.4 is 10.6 Å². The molecular weight excluding hydrogens is 192 g/mol. The van der Waals surface area contributed by atoms with Crippen LogP contribution in [0.2, 0.25) is 0 Å². The number of aromatic nitrogens is 2. The Morgan fingerprint density at radius 2 is 2.20 bits per heavy atom. The van der Waals surface area contributed by atoms with Gasteiger partial charge in [0.1, 0.15) is 5.82 Å². The Morgan fingerprint density at radius 1 is 1.33 bits per heavy atom. The summed E-state index contributed by atoms with van der Waals surface area (Å²) in [5, 5.41) is 0. The van der Waals surface area contributed by atoms with Crippen LogP contribution in [0.3, 0.4) is 0 Å². The van der Waals surface area contributed by atoms with Crippen molar-refractivity contribution in [1.29, 1.82) is 0 Å². The molecule has 0 radical (unpaired) electrons. The molecular formula is C10H14N4O. The van der Waals surface area contributed by atoms with Gasteiger partial charge < -0.3 is 5.73 Å². The number of hydrogen-bond acceptors (Lipinski definition) is 4. The lowest BCUT2D eigenvalue weighted by Crippen LogP contribution is -2.30. The van der Waals surface area contributed by atoms with Crippen molar-refractivity contribution in [3.8, 4) is 0 Å². The molecule has 1 aromatic rings. The topological polar surface area (TPSA) is 72.1 Å². The van der Waals surface area contributed by atoms with Gasteiger partial charge in [0.2, 0.25) is 11.9 Å². The van der Waals surface area contributed by atoms with E-state index in [1.54, 1.807) is 17.2 Å². The van der Waals surface area contributed by atoms with Crippen LogP contribution in [0.25, 0.3) is 0 Å². The second-order valence-electron chi connectivity index (χ2n) is 3.63. The molecule has 1 fully saturated rings. The van der Waals surface area contributed by atoms with Gasteiger partial charge in [-0.25, -0.2) is 4.98 Å². The first kappa shape index (κ1) is 9.89. The highest BCUT2D eigenvalue weighted by Crippen LogP contribution is 2.18. The number of nitrogens with two attached hydrogens (primary N) is 1. The van der Waals surface area contributed by atoms with E-state index in [-0.39, 0.29) is 11.9 Å². The van der Waals surface area contributed by atoms with E-state index in [0.717, 1.165) is 25.8 Å². The lowest BCUT2D eigenvalue weighted by atomic mass is 10.2. The summed E-state index contributed by atoms with van der Waals surface area (Å²) in [4.78, 5) is 21.3. The van der Waals surface area contributed by atoms with Crippen LogP contribution in [0, 0.1) is 0 Å². The molecule has 1 saturated heterocycles. The molecule has 0 spiro atoms. The molecule has 0 bridgehead atoms. The highest BCUT2D eigenvalue weighted by atomic mass is 16.2. The first-order valence-corrected chi connectivity index (χ1v) is 5.16. The van der Waals surface area contributed by atoms with Crippen molar-refractivity contribution in [2.45, 2.75) is 25.7 Å². The Bertz CT molecular complexity index is 366. The fourth-order valence-corrected chi connectivity index (χ4v) is 1.74. The quantitative estimate of drug-likeness (QED) is 0.743. The number of rotatable bonds is 1. The number of anilines is 2. The Balaban J connectivity index is 2.24. The van der Waals surface area contributed by atoms with Gasteiger partial charge in [0.15, 0.2) is 0 Å². The molecule has 2 N–H and O–H groups in total. The molecule has 0 aromatic carbocycles. The molecule has 1 aromatic heterocycles. The summed E-state index contributed by atoms with van der Waals surface area (Å²) >= 11 is 0. The summed E-state index contributed by atoms with van der Waals surface area (Å²) in [7, 11) is 0. The van der Waals surface area contributed by atoms with Gasteiger partial charge in [0, 0.05) is 19.2 Å². The third-order valence-electron chi connectivity index (χ3n) is 2.51. The largest absolute Gasteiger partial charge is 0.368 e. The maximum Gasteiger partial charge on any atom is 0.228 e. The van der Waals surface area contributed by atoms with Crippen molar-refractivity contribution in [2.75, 3.05) is 17.2 Å². The average molecular weight is 206 g/mol. The third kappa shape index (κ3) is 2.23. The minimum atomic E-state index is 0.130. The fraction of sp³-hybridized carbons (Fsp3) is 0.500. The van der Waals surface area contributed by atoms with Gasteiger partial charge in [-0.1, -0.05) is 6.42 Å². The molecule has 15 heavy (non-hydrogen) atoms. The summed E-state index contributed by atoms with van der Waals surface area (Å²) in [5.41, 5.74) is 5.49. The first-order chi connectivity index (χ1) is 7.27. The van der Waals surface area contributed by atoms with Crippen molar-refractivity contribution < 1.29 is 4.79 Å². The molecule has 1 aliphatic rings. The van der Waals surface area contributed by atoms with Gasteiger partial charge in [-0.3, -0.25) is 9.69 Å². The third-order valence-corrected chi connectivity index (χ3v) is 2.51. The van der Waals surface area contributed by atoms with E-state index in [1.807, 2.05) is 0 Å². The van der Waals surface area contributed by atoms with Crippen LogP contribution in [-0.4, -0.2) is 22.4 Å². The Morgan fingerprint density at radius 3 is 3.00 bits per heavy atom. The molecule has 0 atom stereocenters. The predicted molar refractivity (Wildman–Crippen MR) is 57.3 cm³/mol. The zero-order valence-corrected chi connectivity index (χ0v) is 8.52. The van der Waals surface area contributed by atoms with Gasteiger partial charge in [0.25, 0.3) is 0 Å². The second-order valence-corrected chi connectivity index (χ2v) is 3.63. The van der Waals surface area contributed by atoms with E-state index in [4.69, 9.17) is 5.73 Å². The molecule has 2 rings (SSSR count). The second kappa shape index (κ2) is 4.25. The Labute approximate surface area is 88.3 Å². The summed E-state index contributed by atoms with van der Waals surface area (Å²) in [6.07, 6.45) is 5.27. The van der Waals surface area contributed by atoms with Gasteiger partial charge in [0.05, 0.1) is 0 Å². The van der Waals surface area contributed by atoms with E-state index in [2.05, 4.69) is 9.97 Å². The van der Waals surface area contributed by atoms with Gasteiger partial charge in [-0.15, -0.1) is 0 Å². The van der Waals surface area contributed by atoms with E-state index in [9.17, 15) is 4.79 Å². The summed E-state index contributed by atoms with van der Waals surface area (Å²) in [6.45, 7) is 0.731. The summed E-state index contributed by atoms with van der Waals surface area (Å²) in [6, 6.07) is 1.72. The number of nitrogens with zero attached hydrogens (tertiary/aromatic N) is 3. The smallest absolute Gasteiger partial charge is 0.228 e. The minimum absolute atomic E-state index is 0.130. The number of amides is 1. The van der Waals surface area contributed by atoms with Crippen LogP contribution >= 0.6 is 0 Å². The first-order valence-electron chi connectivity index (χ1n) is 5.16. The predicted octanol–water partition coefficient (Wildman–Crippen LogP) is 0.966. The van der Waals surface area contributed by atoms with Crippen LogP contribution in [-0.2, 0) is 4.79 Å². The van der Waals surface area contributed by atoms with Crippen molar-refractivity contribution in [1.82, 2.24) is 9.97 Å². The van der Waals surface area contributed by atoms with Crippen LogP contribution in [0.15, 0.2) is 12.3 Å². The Kier molecular flexibility index (Phi) is 2.80. The van der Waals surface area contributed by atoms with Gasteiger partial charge in [-0.2, -0.15) is 4.98 Å². The SMILES string of the molecule is Nc1nccc(N2CCCCCC2=O)n1. The average Bonchev–Trinajstić information content (AvgIpc) is 2.43. The maximum atomic E-state index is 11.8. The lowest BCUT2D eigenvalue weighted by Gasteiger charge is -2.18. The van der Waals surface area contributed by atoms with Gasteiger partial charge >= 0.3 is 0 Å². The number of nitrogen functional groups attached to an aromatic ring is 1. The molecule has 1 amide bonds. The van der Waals surface area contributed by atoms with Crippen LogP contribution in [0.4, 0.5) is 11.8 Å². The van der Waals surface area contributed by atoms with Crippen molar-refractivity contribution >= 4 is 17.7 Å². The van der Waals surface area contributed by atoms with E-state index in [0.29, 0.717) is 12.2 Å². The summed E-state index contributed by atoms with van der Waals surface area (Å²) in [5.74, 6) is 0.963. The fourth-order valence-electron chi connectivity index (χ4n) is 1.74. The lowest BCUT2D eigenvalue weighted by molar-refractivity contribution is -0.118. The highest BCUT2D eigenvalue weighted by molar-refractivity contribution is 5.92. The number of carbonyl (C=O) groups is 1. The zero-order chi connectivity index (χ0) is 10.7. The maximum absolute atomic E-state index is 11.8. The van der Waals surface area contributed by atoms with E-state index < -0.39 is 0 Å². The molecule has 0 saturated carbocycles. The Hall–Kier alpha value is -1.65. The van der Waals surface area contributed by atoms with E-state index in [1.165, 1.54) is 0 Å². The van der Waals surface area contributed by atoms with Crippen molar-refractivity contribution in [3.63, 3.8) is 0 Å². The molecule has 2 heterocycles. The van der Waals surface area contributed by atoms with Gasteiger partial charge in [-0.05, 0) is 18.9 Å². The number of hydrogen-bond donors (Lipinski definition) is 1. The molecule has 1 aliphatic heterocycles. The van der Waals surface area contributed by atoms with Crippen molar-refractivity contribution in [2.24, 2.45) is 0 Å². The zero-order valence-electron chi connectivity index (χ0n) is 8.52. The van der Waals surface area contributed by atoms with Crippen molar-refractivity contribution in [3.05, 3.63) is 12.3 Å². The normalized spacial score (nSPS) is 17.6. The highest BCUT2D eigenvalue weighted by Gasteiger charge is 2.19. The molecule has 80 valence electrons. The molecule has 5 heteroatoms. The van der Waals surface area contributed by atoms with Crippen LogP contribution in [0.1, 0.15) is 25.7 Å².